The lowest BCUT2D eigenvalue weighted by Gasteiger charge is -2.28. The predicted octanol–water partition coefficient (Wildman–Crippen LogP) is 14.7. The molecule has 3 aromatic heterocycles. The normalized spacial score (nSPS) is 11.8. The van der Waals surface area contributed by atoms with E-state index in [1.54, 1.807) is 0 Å². The van der Waals surface area contributed by atoms with Gasteiger partial charge in [-0.1, -0.05) is 121 Å². The van der Waals surface area contributed by atoms with Crippen LogP contribution in [-0.4, -0.2) is 0 Å². The number of rotatable bonds is 5. The summed E-state index contributed by atoms with van der Waals surface area (Å²) < 4.78 is 15.5. The number of para-hydroxylation sites is 1. The van der Waals surface area contributed by atoms with Gasteiger partial charge in [-0.15, -0.1) is 11.3 Å². The molecule has 8 aromatic carbocycles. The molecule has 0 spiro atoms. The highest BCUT2D eigenvalue weighted by atomic mass is 32.1. The van der Waals surface area contributed by atoms with Gasteiger partial charge in [0.05, 0.1) is 16.8 Å². The lowest BCUT2D eigenvalue weighted by molar-refractivity contribution is 0.668. The van der Waals surface area contributed by atoms with E-state index in [4.69, 9.17) is 8.83 Å². The summed E-state index contributed by atoms with van der Waals surface area (Å²) in [5.41, 5.74) is 11.4. The first-order valence-corrected chi connectivity index (χ1v) is 18.3. The Labute approximate surface area is 303 Å². The quantitative estimate of drug-likeness (QED) is 0.181. The molecule has 11 rings (SSSR count). The Balaban J connectivity index is 1.28. The van der Waals surface area contributed by atoms with Gasteiger partial charge in [0.1, 0.15) is 22.3 Å². The van der Waals surface area contributed by atoms with E-state index in [2.05, 4.69) is 169 Å². The van der Waals surface area contributed by atoms with Gasteiger partial charge in [-0.3, -0.25) is 0 Å². The van der Waals surface area contributed by atoms with E-state index in [9.17, 15) is 0 Å². The van der Waals surface area contributed by atoms with Crippen molar-refractivity contribution in [1.82, 2.24) is 0 Å². The van der Waals surface area contributed by atoms with E-state index in [1.807, 2.05) is 23.5 Å². The topological polar surface area (TPSA) is 29.5 Å². The standard InChI is InChI=1S/C48H29NO2S/c1-3-13-30(14-4-1)33-19-11-22-42-46(33)47-38(20-12-23-43(47)51-42)49(32-25-28-41-37(29-32)35-17-7-9-21-40(35)50-41)39-27-26-34(31-15-5-2-6-16-31)48-45(39)36-18-8-10-24-44(36)52-48/h1-29H. The summed E-state index contributed by atoms with van der Waals surface area (Å²) >= 11 is 1.86. The monoisotopic (exact) mass is 683 g/mol. The fourth-order valence-electron chi connectivity index (χ4n) is 8.00. The molecule has 0 aliphatic rings. The van der Waals surface area contributed by atoms with Crippen molar-refractivity contribution < 1.29 is 8.83 Å². The van der Waals surface area contributed by atoms with Gasteiger partial charge in [0, 0.05) is 42.0 Å². The molecule has 3 nitrogen and oxygen atoms in total. The molecule has 0 radical (unpaired) electrons. The fourth-order valence-corrected chi connectivity index (χ4v) is 9.26. The van der Waals surface area contributed by atoms with Crippen LogP contribution in [0.25, 0.3) is 86.3 Å². The molecule has 0 saturated heterocycles. The molecule has 0 bridgehead atoms. The molecular weight excluding hydrogens is 655 g/mol. The van der Waals surface area contributed by atoms with Crippen LogP contribution in [-0.2, 0) is 0 Å². The van der Waals surface area contributed by atoms with Gasteiger partial charge >= 0.3 is 0 Å². The van der Waals surface area contributed by atoms with Crippen LogP contribution in [0.4, 0.5) is 17.1 Å². The third-order valence-corrected chi connectivity index (χ3v) is 11.5. The highest BCUT2D eigenvalue weighted by Crippen LogP contribution is 2.51. The van der Waals surface area contributed by atoms with E-state index in [0.29, 0.717) is 0 Å². The number of nitrogens with zero attached hydrogens (tertiary/aromatic N) is 1. The van der Waals surface area contributed by atoms with Crippen molar-refractivity contribution >= 4 is 92.4 Å². The largest absolute Gasteiger partial charge is 0.456 e. The highest BCUT2D eigenvalue weighted by Gasteiger charge is 2.25. The van der Waals surface area contributed by atoms with Crippen LogP contribution in [0, 0.1) is 0 Å². The minimum atomic E-state index is 0.850. The Morgan fingerprint density at radius 2 is 1.00 bits per heavy atom. The molecule has 0 aliphatic heterocycles. The number of thiophene rings is 1. The van der Waals surface area contributed by atoms with Crippen LogP contribution in [0.1, 0.15) is 0 Å². The Morgan fingerprint density at radius 1 is 0.385 bits per heavy atom. The number of fused-ring (bicyclic) bond motifs is 9. The van der Waals surface area contributed by atoms with Crippen LogP contribution in [0.3, 0.4) is 0 Å². The lowest BCUT2D eigenvalue weighted by atomic mass is 9.97. The summed E-state index contributed by atoms with van der Waals surface area (Å²) in [6.45, 7) is 0. The molecule has 0 aliphatic carbocycles. The zero-order valence-electron chi connectivity index (χ0n) is 27.9. The summed E-state index contributed by atoms with van der Waals surface area (Å²) in [5, 5.41) is 6.83. The minimum Gasteiger partial charge on any atom is -0.456 e. The zero-order chi connectivity index (χ0) is 34.2. The van der Waals surface area contributed by atoms with E-state index in [0.717, 1.165) is 72.1 Å². The number of hydrogen-bond acceptors (Lipinski definition) is 4. The Kier molecular flexibility index (Phi) is 6.42. The zero-order valence-corrected chi connectivity index (χ0v) is 28.7. The van der Waals surface area contributed by atoms with Crippen molar-refractivity contribution in [2.24, 2.45) is 0 Å². The van der Waals surface area contributed by atoms with Gasteiger partial charge in [0.2, 0.25) is 0 Å². The molecule has 0 fully saturated rings. The van der Waals surface area contributed by atoms with E-state index in [1.165, 1.54) is 31.3 Å². The van der Waals surface area contributed by atoms with Gasteiger partial charge in [-0.2, -0.15) is 0 Å². The third kappa shape index (κ3) is 4.38. The van der Waals surface area contributed by atoms with Gasteiger partial charge in [0.15, 0.2) is 0 Å². The second-order valence-corrected chi connectivity index (χ2v) is 14.3. The maximum absolute atomic E-state index is 6.67. The van der Waals surface area contributed by atoms with Crippen molar-refractivity contribution in [3.05, 3.63) is 176 Å². The number of furan rings is 2. The SMILES string of the molecule is c1ccc(-c2ccc(N(c3ccc4oc5ccccc5c4c3)c3cccc4oc5cccc(-c6ccccc6)c5c34)c3c2sc2ccccc23)cc1. The summed E-state index contributed by atoms with van der Waals surface area (Å²) in [7, 11) is 0. The van der Waals surface area contributed by atoms with Gasteiger partial charge in [-0.05, 0) is 76.9 Å². The molecule has 0 saturated carbocycles. The maximum atomic E-state index is 6.67. The average molecular weight is 684 g/mol. The summed E-state index contributed by atoms with van der Waals surface area (Å²) in [4.78, 5) is 2.44. The summed E-state index contributed by atoms with van der Waals surface area (Å²) in [6, 6.07) is 62.4. The van der Waals surface area contributed by atoms with Crippen molar-refractivity contribution in [2.45, 2.75) is 0 Å². The molecule has 0 atom stereocenters. The van der Waals surface area contributed by atoms with Gasteiger partial charge in [0.25, 0.3) is 0 Å². The average Bonchev–Trinajstić information content (AvgIpc) is 3.90. The molecule has 3 heterocycles. The Bertz CT molecular complexity index is 3130. The summed E-state index contributed by atoms with van der Waals surface area (Å²) in [5.74, 6) is 0. The van der Waals surface area contributed by atoms with Crippen molar-refractivity contribution in [3.8, 4) is 22.3 Å². The maximum Gasteiger partial charge on any atom is 0.137 e. The first-order valence-electron chi connectivity index (χ1n) is 17.5. The smallest absolute Gasteiger partial charge is 0.137 e. The molecular formula is C48H29NO2S. The Hall–Kier alpha value is -6.62. The first kappa shape index (κ1) is 29.1. The van der Waals surface area contributed by atoms with Crippen LogP contribution < -0.4 is 4.90 Å². The second kappa shape index (κ2) is 11.5. The van der Waals surface area contributed by atoms with Crippen LogP contribution >= 0.6 is 11.3 Å². The lowest BCUT2D eigenvalue weighted by Crippen LogP contribution is -2.11. The number of anilines is 3. The van der Waals surface area contributed by atoms with Crippen molar-refractivity contribution in [3.63, 3.8) is 0 Å². The fraction of sp³-hybridized carbons (Fsp3) is 0. The van der Waals surface area contributed by atoms with Crippen molar-refractivity contribution in [1.29, 1.82) is 0 Å². The molecule has 0 amide bonds. The minimum absolute atomic E-state index is 0.850. The Morgan fingerprint density at radius 3 is 1.83 bits per heavy atom. The van der Waals surface area contributed by atoms with Gasteiger partial charge in [-0.25, -0.2) is 0 Å². The molecule has 52 heavy (non-hydrogen) atoms. The molecule has 0 unspecified atom stereocenters. The van der Waals surface area contributed by atoms with Crippen molar-refractivity contribution in [2.75, 3.05) is 4.90 Å². The number of benzene rings is 8. The van der Waals surface area contributed by atoms with Crippen LogP contribution in [0.2, 0.25) is 0 Å². The molecule has 0 N–H and O–H groups in total. The highest BCUT2D eigenvalue weighted by molar-refractivity contribution is 7.26. The van der Waals surface area contributed by atoms with E-state index in [-0.39, 0.29) is 0 Å². The van der Waals surface area contributed by atoms with Gasteiger partial charge < -0.3 is 13.7 Å². The van der Waals surface area contributed by atoms with E-state index < -0.39 is 0 Å². The second-order valence-electron chi connectivity index (χ2n) is 13.2. The van der Waals surface area contributed by atoms with Crippen LogP contribution in [0.15, 0.2) is 185 Å². The molecule has 11 aromatic rings. The number of hydrogen-bond donors (Lipinski definition) is 0. The van der Waals surface area contributed by atoms with E-state index >= 15 is 0 Å². The summed E-state index contributed by atoms with van der Waals surface area (Å²) in [6.07, 6.45) is 0. The van der Waals surface area contributed by atoms with Crippen LogP contribution in [0.5, 0.6) is 0 Å². The first-order chi connectivity index (χ1) is 25.8. The third-order valence-electron chi connectivity index (χ3n) is 10.3. The predicted molar refractivity (Wildman–Crippen MR) is 219 cm³/mol. The molecule has 4 heteroatoms. The molecule has 244 valence electrons.